The highest BCUT2D eigenvalue weighted by Gasteiger charge is 2.18. The topological polar surface area (TPSA) is 74.3 Å². The molecule has 130 valence electrons. The Bertz CT molecular complexity index is 1020. The van der Waals surface area contributed by atoms with Crippen LogP contribution in [0.3, 0.4) is 0 Å². The fourth-order valence-corrected chi connectivity index (χ4v) is 3.99. The number of ether oxygens (including phenoxy) is 1. The van der Waals surface area contributed by atoms with E-state index in [-0.39, 0.29) is 4.90 Å². The molecular formula is C17H14Cl2N2O3S. The predicted molar refractivity (Wildman–Crippen MR) is 99.2 cm³/mol. The quantitative estimate of drug-likeness (QED) is 0.720. The Morgan fingerprint density at radius 3 is 2.28 bits per heavy atom. The molecule has 8 heteroatoms. The average molecular weight is 397 g/mol. The zero-order chi connectivity index (χ0) is 18.2. The van der Waals surface area contributed by atoms with E-state index in [9.17, 15) is 8.42 Å². The van der Waals surface area contributed by atoms with Gasteiger partial charge >= 0.3 is 0 Å². The zero-order valence-electron chi connectivity index (χ0n) is 13.1. The van der Waals surface area contributed by atoms with Crippen molar-refractivity contribution in [1.29, 1.82) is 0 Å². The summed E-state index contributed by atoms with van der Waals surface area (Å²) in [5.74, 6) is 0.384. The van der Waals surface area contributed by atoms with Crippen LogP contribution in [0, 0.1) is 0 Å². The summed E-state index contributed by atoms with van der Waals surface area (Å²) in [6.07, 6.45) is 1.74. The number of methoxy groups -OCH3 is 1. The molecule has 1 heterocycles. The molecule has 2 aromatic carbocycles. The van der Waals surface area contributed by atoms with Gasteiger partial charge in [0.05, 0.1) is 28.5 Å². The van der Waals surface area contributed by atoms with Gasteiger partial charge < -0.3 is 9.30 Å². The molecule has 3 aromatic rings. The van der Waals surface area contributed by atoms with Crippen molar-refractivity contribution in [3.8, 4) is 22.7 Å². The van der Waals surface area contributed by atoms with Crippen LogP contribution in [0.1, 0.15) is 0 Å². The largest absolute Gasteiger partial charge is 0.494 e. The number of halogens is 2. The minimum atomic E-state index is -3.88. The fraction of sp³-hybridized carbons (Fsp3) is 0.0588. The average Bonchev–Trinajstić information content (AvgIpc) is 3.03. The molecule has 5 nitrogen and oxygen atoms in total. The lowest BCUT2D eigenvalue weighted by molar-refractivity contribution is 0.415. The number of rotatable bonds is 4. The first-order valence-corrected chi connectivity index (χ1v) is 9.46. The molecule has 25 heavy (non-hydrogen) atoms. The molecular weight excluding hydrogens is 383 g/mol. The second kappa shape index (κ2) is 6.72. The summed E-state index contributed by atoms with van der Waals surface area (Å²) >= 11 is 12.4. The SMILES string of the molecule is COc1c(Cl)cc(-c2cccn2-c2ccccc2S(N)(=O)=O)cc1Cl. The third-order valence-corrected chi connectivity index (χ3v) is 5.20. The lowest BCUT2D eigenvalue weighted by atomic mass is 10.1. The number of hydrogen-bond donors (Lipinski definition) is 1. The molecule has 0 amide bonds. The normalized spacial score (nSPS) is 11.5. The molecule has 2 N–H and O–H groups in total. The Morgan fingerprint density at radius 1 is 1.04 bits per heavy atom. The van der Waals surface area contributed by atoms with Gasteiger partial charge in [0.2, 0.25) is 10.0 Å². The number of primary sulfonamides is 1. The van der Waals surface area contributed by atoms with Crippen LogP contribution in [-0.2, 0) is 10.0 Å². The first kappa shape index (κ1) is 17.8. The van der Waals surface area contributed by atoms with E-state index in [4.69, 9.17) is 33.1 Å². The minimum Gasteiger partial charge on any atom is -0.494 e. The smallest absolute Gasteiger partial charge is 0.240 e. The van der Waals surface area contributed by atoms with Crippen molar-refractivity contribution in [3.63, 3.8) is 0 Å². The van der Waals surface area contributed by atoms with Crippen LogP contribution >= 0.6 is 23.2 Å². The van der Waals surface area contributed by atoms with Crippen LogP contribution in [0.15, 0.2) is 59.6 Å². The molecule has 0 radical (unpaired) electrons. The van der Waals surface area contributed by atoms with Crippen LogP contribution in [0.5, 0.6) is 5.75 Å². The van der Waals surface area contributed by atoms with E-state index < -0.39 is 10.0 Å². The Labute approximate surface area is 155 Å². The molecule has 1 aromatic heterocycles. The van der Waals surface area contributed by atoms with E-state index in [2.05, 4.69) is 0 Å². The Morgan fingerprint density at radius 2 is 1.68 bits per heavy atom. The highest BCUT2D eigenvalue weighted by molar-refractivity contribution is 7.89. The summed E-state index contributed by atoms with van der Waals surface area (Å²) < 4.78 is 30.7. The molecule has 0 aliphatic rings. The van der Waals surface area contributed by atoms with Crippen LogP contribution in [0.25, 0.3) is 16.9 Å². The maximum absolute atomic E-state index is 11.9. The second-order valence-corrected chi connectivity index (χ2v) is 7.59. The number of nitrogens with two attached hydrogens (primary N) is 1. The zero-order valence-corrected chi connectivity index (χ0v) is 15.4. The van der Waals surface area contributed by atoms with Gasteiger partial charge in [-0.3, -0.25) is 0 Å². The second-order valence-electron chi connectivity index (χ2n) is 5.25. The highest BCUT2D eigenvalue weighted by atomic mass is 35.5. The molecule has 3 rings (SSSR count). The lowest BCUT2D eigenvalue weighted by Gasteiger charge is -2.14. The first-order valence-electron chi connectivity index (χ1n) is 7.16. The molecule has 0 saturated carbocycles. The van der Waals surface area contributed by atoms with Crippen molar-refractivity contribution in [1.82, 2.24) is 4.57 Å². The number of nitrogens with zero attached hydrogens (tertiary/aromatic N) is 1. The summed E-state index contributed by atoms with van der Waals surface area (Å²) in [6.45, 7) is 0. The van der Waals surface area contributed by atoms with Gasteiger partial charge in [0, 0.05) is 11.8 Å². The van der Waals surface area contributed by atoms with Gasteiger partial charge in [-0.1, -0.05) is 35.3 Å². The molecule has 0 saturated heterocycles. The third-order valence-electron chi connectivity index (χ3n) is 3.68. The lowest BCUT2D eigenvalue weighted by Crippen LogP contribution is -2.15. The Kier molecular flexibility index (Phi) is 4.79. The van der Waals surface area contributed by atoms with Crippen molar-refractivity contribution in [2.45, 2.75) is 4.90 Å². The van der Waals surface area contributed by atoms with Gasteiger partial charge in [-0.05, 0) is 36.4 Å². The molecule has 0 atom stereocenters. The van der Waals surface area contributed by atoms with E-state index >= 15 is 0 Å². The predicted octanol–water partition coefficient (Wildman–Crippen LogP) is 4.11. The van der Waals surface area contributed by atoms with Crippen LogP contribution in [0.2, 0.25) is 10.0 Å². The van der Waals surface area contributed by atoms with Crippen molar-refractivity contribution < 1.29 is 13.2 Å². The van der Waals surface area contributed by atoms with E-state index in [0.717, 1.165) is 0 Å². The fourth-order valence-electron chi connectivity index (χ4n) is 2.63. The van der Waals surface area contributed by atoms with E-state index in [1.54, 1.807) is 47.2 Å². The summed E-state index contributed by atoms with van der Waals surface area (Å²) in [7, 11) is -2.39. The number of hydrogen-bond acceptors (Lipinski definition) is 3. The minimum absolute atomic E-state index is 0.0261. The summed E-state index contributed by atoms with van der Waals surface area (Å²) in [5, 5.41) is 6.06. The van der Waals surface area contributed by atoms with Crippen molar-refractivity contribution in [3.05, 3.63) is 64.8 Å². The number of aromatic nitrogens is 1. The van der Waals surface area contributed by atoms with Gasteiger partial charge in [0.15, 0.2) is 5.75 Å². The van der Waals surface area contributed by atoms with E-state index in [1.165, 1.54) is 13.2 Å². The first-order chi connectivity index (χ1) is 11.8. The Hall–Kier alpha value is -1.99. The number of sulfonamides is 1. The molecule has 0 bridgehead atoms. The molecule has 0 aliphatic carbocycles. The standard InChI is InChI=1S/C17H14Cl2N2O3S/c1-24-17-12(18)9-11(10-13(17)19)14-6-4-8-21(14)15-5-2-3-7-16(15)25(20,22)23/h2-10H,1H3,(H2,20,22,23). The monoisotopic (exact) mass is 396 g/mol. The van der Waals surface area contributed by atoms with E-state index in [1.807, 2.05) is 6.07 Å². The van der Waals surface area contributed by atoms with Crippen molar-refractivity contribution in [2.24, 2.45) is 5.14 Å². The number of benzene rings is 2. The van der Waals surface area contributed by atoms with Crippen LogP contribution in [0.4, 0.5) is 0 Å². The molecule has 0 spiro atoms. The van der Waals surface area contributed by atoms with Crippen LogP contribution < -0.4 is 9.88 Å². The highest BCUT2D eigenvalue weighted by Crippen LogP contribution is 2.38. The summed E-state index contributed by atoms with van der Waals surface area (Å²) in [6, 6.07) is 13.5. The van der Waals surface area contributed by atoms with Gasteiger partial charge in [-0.2, -0.15) is 0 Å². The van der Waals surface area contributed by atoms with Gasteiger partial charge in [-0.15, -0.1) is 0 Å². The summed E-state index contributed by atoms with van der Waals surface area (Å²) in [5.41, 5.74) is 1.86. The Balaban J connectivity index is 2.22. The summed E-state index contributed by atoms with van der Waals surface area (Å²) in [4.78, 5) is 0.0261. The van der Waals surface area contributed by atoms with Crippen molar-refractivity contribution >= 4 is 33.2 Å². The maximum atomic E-state index is 11.9. The number of para-hydroxylation sites is 1. The third kappa shape index (κ3) is 3.39. The van der Waals surface area contributed by atoms with E-state index in [0.29, 0.717) is 32.7 Å². The maximum Gasteiger partial charge on any atom is 0.240 e. The van der Waals surface area contributed by atoms with Gasteiger partial charge in [-0.25, -0.2) is 13.6 Å². The molecule has 0 unspecified atom stereocenters. The molecule has 0 fully saturated rings. The van der Waals surface area contributed by atoms with Gasteiger partial charge in [0.1, 0.15) is 4.90 Å². The van der Waals surface area contributed by atoms with Crippen molar-refractivity contribution in [2.75, 3.05) is 7.11 Å². The van der Waals surface area contributed by atoms with Crippen LogP contribution in [-0.4, -0.2) is 20.1 Å². The molecule has 0 aliphatic heterocycles. The van der Waals surface area contributed by atoms with Gasteiger partial charge in [0.25, 0.3) is 0 Å².